The zero-order valence-corrected chi connectivity index (χ0v) is 25.0. The van der Waals surface area contributed by atoms with Crippen molar-refractivity contribution < 1.29 is 13.5 Å². The fourth-order valence-corrected chi connectivity index (χ4v) is 5.89. The van der Waals surface area contributed by atoms with Crippen molar-refractivity contribution in [1.29, 1.82) is 0 Å². The summed E-state index contributed by atoms with van der Waals surface area (Å²) in [7, 11) is 0. The van der Waals surface area contributed by atoms with Gasteiger partial charge in [-0.25, -0.2) is 18.7 Å². The molecule has 5 nitrogen and oxygen atoms in total. The Hall–Kier alpha value is -4.88. The molecule has 7 heteroatoms. The largest absolute Gasteiger partial charge is 0.374 e. The number of hydrogen-bond donors (Lipinski definition) is 2. The number of aryl methyl sites for hydroxylation is 2. The second kappa shape index (κ2) is 14.7. The average molecular weight is 603 g/mol. The summed E-state index contributed by atoms with van der Waals surface area (Å²) in [4.78, 5) is 15.0. The molecule has 0 saturated heterocycles. The van der Waals surface area contributed by atoms with Gasteiger partial charge in [0.05, 0.1) is 36.3 Å². The molecular formula is C38H36F2N4O. The van der Waals surface area contributed by atoms with Gasteiger partial charge in [0.15, 0.2) is 0 Å². The van der Waals surface area contributed by atoms with Crippen LogP contribution in [0.5, 0.6) is 0 Å². The minimum atomic E-state index is -0.253. The molecule has 228 valence electrons. The first-order valence-corrected chi connectivity index (χ1v) is 15.4. The first kappa shape index (κ1) is 30.2. The van der Waals surface area contributed by atoms with E-state index in [2.05, 4.69) is 44.2 Å². The first-order chi connectivity index (χ1) is 22.1. The van der Waals surface area contributed by atoms with Gasteiger partial charge in [-0.15, -0.1) is 0 Å². The summed E-state index contributed by atoms with van der Waals surface area (Å²) in [6, 6.07) is 29.9. The molecule has 0 spiro atoms. The normalized spacial score (nSPS) is 12.7. The van der Waals surface area contributed by atoms with Crippen molar-refractivity contribution in [1.82, 2.24) is 19.9 Å². The summed E-state index contributed by atoms with van der Waals surface area (Å²) in [6.07, 6.45) is 11.5. The van der Waals surface area contributed by atoms with Crippen LogP contribution in [0.15, 0.2) is 122 Å². The summed E-state index contributed by atoms with van der Waals surface area (Å²) < 4.78 is 34.6. The molecule has 2 atom stereocenters. The van der Waals surface area contributed by atoms with Gasteiger partial charge >= 0.3 is 0 Å². The number of hydrogen-bond acceptors (Lipinski definition) is 3. The van der Waals surface area contributed by atoms with Crippen LogP contribution in [0.2, 0.25) is 0 Å². The molecule has 0 radical (unpaired) electrons. The standard InChI is InChI=1S/C38H36F2N4O/c39-31-13-9-27(10-14-31)37-7-3-1-5-29(37)21-35(19-17-33-23-41-25-43-33)45-36(20-18-34-24-42-26-44-34)22-30-6-2-4-8-38(30)28-11-15-32(40)16-12-28/h1-16,23-26,35-36H,17-22H2,(H,41,43)(H,42,44). The summed E-state index contributed by atoms with van der Waals surface area (Å²) >= 11 is 0. The van der Waals surface area contributed by atoms with Crippen molar-refractivity contribution in [3.63, 3.8) is 0 Å². The van der Waals surface area contributed by atoms with Crippen LogP contribution < -0.4 is 0 Å². The SMILES string of the molecule is Fc1ccc(-c2ccccc2CC(CCc2c[nH]cn2)OC(CCc2c[nH]cn2)Cc2ccccc2-c2ccc(F)cc2)cc1. The van der Waals surface area contributed by atoms with Crippen LogP contribution >= 0.6 is 0 Å². The van der Waals surface area contributed by atoms with Crippen molar-refractivity contribution in [2.45, 2.75) is 50.7 Å². The Kier molecular flexibility index (Phi) is 9.87. The van der Waals surface area contributed by atoms with E-state index in [0.29, 0.717) is 12.8 Å². The van der Waals surface area contributed by atoms with Crippen LogP contribution in [0.25, 0.3) is 22.3 Å². The van der Waals surface area contributed by atoms with E-state index in [-0.39, 0.29) is 23.8 Å². The third kappa shape index (κ3) is 8.19. The Morgan fingerprint density at radius 3 is 1.38 bits per heavy atom. The smallest absolute Gasteiger partial charge is 0.123 e. The van der Waals surface area contributed by atoms with Gasteiger partial charge in [0.1, 0.15) is 11.6 Å². The topological polar surface area (TPSA) is 66.6 Å². The highest BCUT2D eigenvalue weighted by Crippen LogP contribution is 2.30. The summed E-state index contributed by atoms with van der Waals surface area (Å²) in [5.74, 6) is -0.505. The number of benzene rings is 4. The lowest BCUT2D eigenvalue weighted by molar-refractivity contribution is -0.0192. The minimum Gasteiger partial charge on any atom is -0.374 e. The predicted octanol–water partition coefficient (Wildman–Crippen LogP) is 8.55. The Labute approximate surface area is 262 Å². The van der Waals surface area contributed by atoms with Crippen molar-refractivity contribution in [2.24, 2.45) is 0 Å². The lowest BCUT2D eigenvalue weighted by Crippen LogP contribution is -2.27. The lowest BCUT2D eigenvalue weighted by Gasteiger charge is -2.27. The van der Waals surface area contributed by atoms with Gasteiger partial charge in [0, 0.05) is 12.4 Å². The molecule has 0 aliphatic rings. The highest BCUT2D eigenvalue weighted by molar-refractivity contribution is 5.68. The average Bonchev–Trinajstić information content (AvgIpc) is 3.79. The highest BCUT2D eigenvalue weighted by atomic mass is 19.1. The van der Waals surface area contributed by atoms with Crippen LogP contribution in [0.3, 0.4) is 0 Å². The molecule has 0 aliphatic carbocycles. The fraction of sp³-hybridized carbons (Fsp3) is 0.211. The number of aromatic nitrogens is 4. The maximum Gasteiger partial charge on any atom is 0.123 e. The van der Waals surface area contributed by atoms with Crippen molar-refractivity contribution in [3.8, 4) is 22.3 Å². The molecule has 2 heterocycles. The highest BCUT2D eigenvalue weighted by Gasteiger charge is 2.22. The van der Waals surface area contributed by atoms with Gasteiger partial charge in [-0.3, -0.25) is 0 Å². The molecule has 6 aromatic rings. The van der Waals surface area contributed by atoms with Gasteiger partial charge in [0.25, 0.3) is 0 Å². The molecule has 0 aliphatic heterocycles. The number of nitrogens with zero attached hydrogens (tertiary/aromatic N) is 2. The quantitative estimate of drug-likeness (QED) is 0.131. The molecule has 0 bridgehead atoms. The van der Waals surface area contributed by atoms with E-state index in [0.717, 1.165) is 70.5 Å². The molecule has 2 unspecified atom stereocenters. The van der Waals surface area contributed by atoms with Crippen LogP contribution in [0.4, 0.5) is 8.78 Å². The zero-order valence-electron chi connectivity index (χ0n) is 25.0. The molecule has 0 amide bonds. The summed E-state index contributed by atoms with van der Waals surface area (Å²) in [5.41, 5.74) is 8.36. The van der Waals surface area contributed by atoms with E-state index in [9.17, 15) is 8.78 Å². The summed E-state index contributed by atoms with van der Waals surface area (Å²) in [5, 5.41) is 0. The molecule has 0 fully saturated rings. The van der Waals surface area contributed by atoms with Gasteiger partial charge in [-0.2, -0.15) is 0 Å². The zero-order chi connectivity index (χ0) is 30.8. The Morgan fingerprint density at radius 1 is 0.556 bits per heavy atom. The number of imidazole rings is 2. The van der Waals surface area contributed by atoms with Gasteiger partial charge in [-0.05, 0) is 96.2 Å². The summed E-state index contributed by atoms with van der Waals surface area (Å²) in [6.45, 7) is 0. The monoisotopic (exact) mass is 602 g/mol. The second-order valence-electron chi connectivity index (χ2n) is 11.3. The maximum atomic E-state index is 13.7. The number of ether oxygens (including phenoxy) is 1. The molecule has 6 rings (SSSR count). The van der Waals surface area contributed by atoms with Crippen LogP contribution in [-0.4, -0.2) is 32.1 Å². The molecule has 2 N–H and O–H groups in total. The van der Waals surface area contributed by atoms with E-state index in [4.69, 9.17) is 4.74 Å². The predicted molar refractivity (Wildman–Crippen MR) is 174 cm³/mol. The fourth-order valence-electron chi connectivity index (χ4n) is 5.89. The van der Waals surface area contributed by atoms with Crippen LogP contribution in [0, 0.1) is 11.6 Å². The second-order valence-corrected chi connectivity index (χ2v) is 11.3. The molecule has 0 saturated carbocycles. The van der Waals surface area contributed by atoms with Gasteiger partial charge in [-0.1, -0.05) is 72.8 Å². The van der Waals surface area contributed by atoms with Crippen molar-refractivity contribution in [2.75, 3.05) is 0 Å². The van der Waals surface area contributed by atoms with Crippen LogP contribution in [-0.2, 0) is 30.4 Å². The van der Waals surface area contributed by atoms with Crippen molar-refractivity contribution in [3.05, 3.63) is 156 Å². The number of aromatic amines is 2. The Morgan fingerprint density at radius 2 is 0.978 bits per heavy atom. The lowest BCUT2D eigenvalue weighted by atomic mass is 9.93. The van der Waals surface area contributed by atoms with E-state index in [1.807, 2.05) is 60.9 Å². The molecule has 4 aromatic carbocycles. The number of halogens is 2. The van der Waals surface area contributed by atoms with Gasteiger partial charge < -0.3 is 14.7 Å². The third-order valence-electron chi connectivity index (χ3n) is 8.18. The third-order valence-corrected chi connectivity index (χ3v) is 8.18. The van der Waals surface area contributed by atoms with Gasteiger partial charge in [0.2, 0.25) is 0 Å². The maximum absolute atomic E-state index is 13.7. The van der Waals surface area contributed by atoms with E-state index in [1.165, 1.54) is 24.3 Å². The number of nitrogens with one attached hydrogen (secondary N) is 2. The number of H-pyrrole nitrogens is 2. The Balaban J connectivity index is 1.29. The van der Waals surface area contributed by atoms with E-state index < -0.39 is 0 Å². The van der Waals surface area contributed by atoms with E-state index in [1.54, 1.807) is 12.7 Å². The minimum absolute atomic E-state index is 0.106. The molecule has 2 aromatic heterocycles. The molecular weight excluding hydrogens is 566 g/mol. The first-order valence-electron chi connectivity index (χ1n) is 15.4. The van der Waals surface area contributed by atoms with E-state index >= 15 is 0 Å². The van der Waals surface area contributed by atoms with Crippen molar-refractivity contribution >= 4 is 0 Å². The van der Waals surface area contributed by atoms with Crippen LogP contribution in [0.1, 0.15) is 35.4 Å². The number of rotatable bonds is 14. The molecule has 45 heavy (non-hydrogen) atoms. The Bertz CT molecular complexity index is 1620.